The van der Waals surface area contributed by atoms with Crippen LogP contribution < -0.4 is 5.73 Å². The van der Waals surface area contributed by atoms with E-state index in [2.05, 4.69) is 21.5 Å². The molecule has 1 atom stereocenters. The highest BCUT2D eigenvalue weighted by Gasteiger charge is 2.21. The van der Waals surface area contributed by atoms with Gasteiger partial charge < -0.3 is 5.73 Å². The van der Waals surface area contributed by atoms with E-state index in [1.54, 1.807) is 0 Å². The van der Waals surface area contributed by atoms with Crippen LogP contribution in [0.1, 0.15) is 12.1 Å². The van der Waals surface area contributed by atoms with E-state index in [4.69, 9.17) is 5.73 Å². The lowest BCUT2D eigenvalue weighted by Crippen LogP contribution is -2.31. The monoisotopic (exact) mass is 230 g/mol. The Balaban J connectivity index is 1.93. The van der Waals surface area contributed by atoms with Crippen molar-refractivity contribution >= 4 is 28.3 Å². The molecule has 1 aliphatic rings. The fourth-order valence-electron chi connectivity index (χ4n) is 1.56. The molecule has 1 saturated heterocycles. The zero-order chi connectivity index (χ0) is 9.97. The van der Waals surface area contributed by atoms with Gasteiger partial charge in [0.25, 0.3) is 0 Å². The lowest BCUT2D eigenvalue weighted by atomic mass is 10.2. The lowest BCUT2D eigenvalue weighted by molar-refractivity contribution is 0.252. The Morgan fingerprint density at radius 1 is 1.64 bits per heavy atom. The third-order valence-electron chi connectivity index (χ3n) is 2.51. The highest BCUT2D eigenvalue weighted by atomic mass is 32.2. The average Bonchev–Trinajstić information content (AvgIpc) is 2.77. The van der Waals surface area contributed by atoms with Gasteiger partial charge in [-0.25, -0.2) is 0 Å². The molecule has 0 amide bonds. The first-order valence-electron chi connectivity index (χ1n) is 4.62. The lowest BCUT2D eigenvalue weighted by Gasteiger charge is -2.22. The van der Waals surface area contributed by atoms with Crippen molar-refractivity contribution in [1.29, 1.82) is 0 Å². The third-order valence-corrected chi connectivity index (χ3v) is 4.25. The van der Waals surface area contributed by atoms with Crippen LogP contribution in [0.25, 0.3) is 0 Å². The number of thioether (sulfide) groups is 1. The Labute approximate surface area is 92.0 Å². The Morgan fingerprint density at radius 3 is 3.07 bits per heavy atom. The smallest absolute Gasteiger partial charge is 0.132 e. The molecule has 1 unspecified atom stereocenters. The molecule has 0 radical (unpaired) electrons. The van der Waals surface area contributed by atoms with Crippen LogP contribution in [0.15, 0.2) is 0 Å². The van der Waals surface area contributed by atoms with Crippen molar-refractivity contribution in [3.8, 4) is 0 Å². The fraction of sp³-hybridized carbons (Fsp3) is 0.750. The van der Waals surface area contributed by atoms with Gasteiger partial charge in [0.1, 0.15) is 10.7 Å². The minimum atomic E-state index is 0.682. The van der Waals surface area contributed by atoms with Crippen LogP contribution in [-0.2, 0) is 6.54 Å². The minimum Gasteiger partial charge on any atom is -0.388 e. The molecule has 4 nitrogen and oxygen atoms in total. The normalized spacial score (nSPS) is 22.0. The van der Waals surface area contributed by atoms with Gasteiger partial charge in [-0.15, -0.1) is 5.10 Å². The van der Waals surface area contributed by atoms with Crippen molar-refractivity contribution in [2.75, 3.05) is 24.3 Å². The summed E-state index contributed by atoms with van der Waals surface area (Å²) in [6.45, 7) is 0.827. The van der Waals surface area contributed by atoms with Gasteiger partial charge in [0.15, 0.2) is 0 Å². The van der Waals surface area contributed by atoms with Gasteiger partial charge in [0.2, 0.25) is 0 Å². The van der Waals surface area contributed by atoms with Crippen molar-refractivity contribution in [2.45, 2.75) is 19.0 Å². The van der Waals surface area contributed by atoms with Crippen LogP contribution in [-0.4, -0.2) is 39.1 Å². The van der Waals surface area contributed by atoms with Crippen LogP contribution in [0.5, 0.6) is 0 Å². The second-order valence-electron chi connectivity index (χ2n) is 3.52. The summed E-state index contributed by atoms with van der Waals surface area (Å²) in [6.07, 6.45) is 1.28. The largest absolute Gasteiger partial charge is 0.388 e. The Morgan fingerprint density at radius 2 is 2.50 bits per heavy atom. The SMILES string of the molecule is CN(Cc1nnsc1N)C1CCSC1. The fourth-order valence-corrected chi connectivity index (χ4v) is 3.30. The first kappa shape index (κ1) is 10.2. The second kappa shape index (κ2) is 4.46. The molecule has 0 bridgehead atoms. The molecule has 0 saturated carbocycles. The van der Waals surface area contributed by atoms with Crippen LogP contribution in [0.2, 0.25) is 0 Å². The summed E-state index contributed by atoms with van der Waals surface area (Å²) in [5, 5.41) is 4.77. The molecule has 78 valence electrons. The zero-order valence-corrected chi connectivity index (χ0v) is 9.77. The van der Waals surface area contributed by atoms with E-state index in [1.807, 2.05) is 11.8 Å². The number of nitrogens with zero attached hydrogens (tertiary/aromatic N) is 3. The van der Waals surface area contributed by atoms with Crippen molar-refractivity contribution in [3.05, 3.63) is 5.69 Å². The number of aromatic nitrogens is 2. The maximum atomic E-state index is 5.75. The first-order valence-corrected chi connectivity index (χ1v) is 6.55. The first-order chi connectivity index (χ1) is 6.77. The van der Waals surface area contributed by atoms with Crippen molar-refractivity contribution in [1.82, 2.24) is 14.5 Å². The molecule has 1 aliphatic heterocycles. The number of anilines is 1. The summed E-state index contributed by atoms with van der Waals surface area (Å²) >= 11 is 3.29. The maximum Gasteiger partial charge on any atom is 0.132 e. The zero-order valence-electron chi connectivity index (χ0n) is 8.14. The van der Waals surface area contributed by atoms with Gasteiger partial charge in [-0.05, 0) is 19.2 Å². The van der Waals surface area contributed by atoms with Crippen LogP contribution in [0.4, 0.5) is 5.00 Å². The van der Waals surface area contributed by atoms with Gasteiger partial charge in [-0.3, -0.25) is 4.90 Å². The summed E-state index contributed by atoms with van der Waals surface area (Å²) in [4.78, 5) is 2.33. The van der Waals surface area contributed by atoms with E-state index in [1.165, 1.54) is 29.5 Å². The number of nitrogens with two attached hydrogens (primary N) is 1. The maximum absolute atomic E-state index is 5.75. The summed E-state index contributed by atoms with van der Waals surface area (Å²) < 4.78 is 3.84. The Hall–Kier alpha value is -0.330. The molecule has 1 fully saturated rings. The average molecular weight is 230 g/mol. The van der Waals surface area contributed by atoms with Gasteiger partial charge in [-0.1, -0.05) is 4.49 Å². The van der Waals surface area contributed by atoms with E-state index in [0.717, 1.165) is 17.2 Å². The van der Waals surface area contributed by atoms with Crippen molar-refractivity contribution in [3.63, 3.8) is 0 Å². The second-order valence-corrected chi connectivity index (χ2v) is 5.45. The molecule has 2 N–H and O–H groups in total. The Kier molecular flexibility index (Phi) is 3.25. The molecule has 2 heterocycles. The molecule has 6 heteroatoms. The van der Waals surface area contributed by atoms with E-state index < -0.39 is 0 Å². The van der Waals surface area contributed by atoms with Gasteiger partial charge in [0.05, 0.1) is 0 Å². The predicted molar refractivity (Wildman–Crippen MR) is 61.5 cm³/mol. The summed E-state index contributed by atoms with van der Waals surface area (Å²) in [5.74, 6) is 2.51. The summed E-state index contributed by atoms with van der Waals surface area (Å²) in [6, 6.07) is 0.682. The van der Waals surface area contributed by atoms with Gasteiger partial charge >= 0.3 is 0 Å². The molecule has 1 aromatic rings. The van der Waals surface area contributed by atoms with E-state index in [-0.39, 0.29) is 0 Å². The topological polar surface area (TPSA) is 55.0 Å². The van der Waals surface area contributed by atoms with E-state index in [0.29, 0.717) is 6.04 Å². The standard InChI is InChI=1S/C8H14N4S2/c1-12(6-2-3-13-5-6)4-7-8(9)14-11-10-7/h6H,2-5,9H2,1H3. The molecular weight excluding hydrogens is 216 g/mol. The third kappa shape index (κ3) is 2.18. The van der Waals surface area contributed by atoms with Crippen molar-refractivity contribution in [2.24, 2.45) is 0 Å². The number of rotatable bonds is 3. The van der Waals surface area contributed by atoms with Gasteiger partial charge in [-0.2, -0.15) is 11.8 Å². The number of nitrogen functional groups attached to an aromatic ring is 1. The quantitative estimate of drug-likeness (QED) is 0.841. The number of hydrogen-bond donors (Lipinski definition) is 1. The van der Waals surface area contributed by atoms with Gasteiger partial charge in [0, 0.05) is 29.9 Å². The van der Waals surface area contributed by atoms with Crippen molar-refractivity contribution < 1.29 is 0 Å². The predicted octanol–water partition coefficient (Wildman–Crippen LogP) is 1.06. The highest BCUT2D eigenvalue weighted by molar-refractivity contribution is 7.99. The molecule has 2 rings (SSSR count). The highest BCUT2D eigenvalue weighted by Crippen LogP contribution is 2.23. The minimum absolute atomic E-state index is 0.682. The number of hydrogen-bond acceptors (Lipinski definition) is 6. The molecule has 0 aromatic carbocycles. The summed E-state index contributed by atoms with van der Waals surface area (Å²) in [5.41, 5.74) is 6.67. The Bertz CT molecular complexity index is 295. The van der Waals surface area contributed by atoms with E-state index in [9.17, 15) is 0 Å². The molecular formula is C8H14N4S2. The molecule has 0 aliphatic carbocycles. The summed E-state index contributed by atoms with van der Waals surface area (Å²) in [7, 11) is 2.13. The molecule has 1 aromatic heterocycles. The van der Waals surface area contributed by atoms with E-state index >= 15 is 0 Å². The van der Waals surface area contributed by atoms with Crippen LogP contribution in [0, 0.1) is 0 Å². The molecule has 0 spiro atoms. The van der Waals surface area contributed by atoms with Crippen LogP contribution in [0.3, 0.4) is 0 Å². The molecule has 14 heavy (non-hydrogen) atoms. The van der Waals surface area contributed by atoms with Crippen LogP contribution >= 0.6 is 23.3 Å².